The highest BCUT2D eigenvalue weighted by atomic mass is 32.1. The third-order valence-electron chi connectivity index (χ3n) is 3.07. The van der Waals surface area contributed by atoms with Gasteiger partial charge in [0.1, 0.15) is 0 Å². The number of carbonyl (C=O) groups is 1. The van der Waals surface area contributed by atoms with Crippen LogP contribution in [0.1, 0.15) is 29.9 Å². The molecule has 0 aliphatic carbocycles. The SMILES string of the molecule is CC(C)Cc1ccc(C=CC(=O)NCc2cccs2)cc1. The second-order valence-corrected chi connectivity index (χ2v) is 6.50. The first-order valence-corrected chi connectivity index (χ1v) is 8.08. The number of benzene rings is 1. The normalized spacial score (nSPS) is 11.2. The maximum atomic E-state index is 11.7. The summed E-state index contributed by atoms with van der Waals surface area (Å²) in [5, 5.41) is 4.89. The molecule has 0 unspecified atom stereocenters. The zero-order valence-corrected chi connectivity index (χ0v) is 13.3. The Morgan fingerprint density at radius 1 is 1.24 bits per heavy atom. The fraction of sp³-hybridized carbons (Fsp3) is 0.278. The van der Waals surface area contributed by atoms with Crippen molar-refractivity contribution in [2.75, 3.05) is 0 Å². The smallest absolute Gasteiger partial charge is 0.244 e. The minimum Gasteiger partial charge on any atom is -0.348 e. The van der Waals surface area contributed by atoms with Gasteiger partial charge >= 0.3 is 0 Å². The summed E-state index contributed by atoms with van der Waals surface area (Å²) < 4.78 is 0. The van der Waals surface area contributed by atoms with Crippen molar-refractivity contribution in [2.45, 2.75) is 26.8 Å². The van der Waals surface area contributed by atoms with Gasteiger partial charge in [0.05, 0.1) is 6.54 Å². The van der Waals surface area contributed by atoms with E-state index >= 15 is 0 Å². The molecule has 3 heteroatoms. The lowest BCUT2D eigenvalue weighted by molar-refractivity contribution is -0.116. The minimum atomic E-state index is -0.0605. The van der Waals surface area contributed by atoms with E-state index in [2.05, 4.69) is 43.4 Å². The zero-order chi connectivity index (χ0) is 15.1. The average molecular weight is 299 g/mol. The van der Waals surface area contributed by atoms with E-state index in [1.54, 1.807) is 17.4 Å². The fourth-order valence-electron chi connectivity index (χ4n) is 2.05. The van der Waals surface area contributed by atoms with Crippen molar-refractivity contribution >= 4 is 23.3 Å². The van der Waals surface area contributed by atoms with Gasteiger partial charge in [0.2, 0.25) is 5.91 Å². The Hall–Kier alpha value is -1.87. The number of nitrogens with one attached hydrogen (secondary N) is 1. The van der Waals surface area contributed by atoms with Gasteiger partial charge < -0.3 is 5.32 Å². The first-order valence-electron chi connectivity index (χ1n) is 7.20. The van der Waals surface area contributed by atoms with Crippen LogP contribution in [-0.2, 0) is 17.8 Å². The lowest BCUT2D eigenvalue weighted by atomic mass is 10.0. The highest BCUT2D eigenvalue weighted by molar-refractivity contribution is 7.09. The number of amides is 1. The van der Waals surface area contributed by atoms with E-state index in [4.69, 9.17) is 0 Å². The van der Waals surface area contributed by atoms with Crippen molar-refractivity contribution in [3.05, 3.63) is 63.9 Å². The highest BCUT2D eigenvalue weighted by Gasteiger charge is 1.99. The van der Waals surface area contributed by atoms with E-state index < -0.39 is 0 Å². The molecule has 1 N–H and O–H groups in total. The summed E-state index contributed by atoms with van der Waals surface area (Å²) in [6.07, 6.45) is 4.53. The number of hydrogen-bond acceptors (Lipinski definition) is 2. The van der Waals surface area contributed by atoms with Gasteiger partial charge in [0.25, 0.3) is 0 Å². The van der Waals surface area contributed by atoms with Crippen LogP contribution in [0.2, 0.25) is 0 Å². The van der Waals surface area contributed by atoms with Crippen molar-refractivity contribution in [1.29, 1.82) is 0 Å². The van der Waals surface area contributed by atoms with Crippen LogP contribution < -0.4 is 5.32 Å². The van der Waals surface area contributed by atoms with Crippen LogP contribution in [0.3, 0.4) is 0 Å². The minimum absolute atomic E-state index is 0.0605. The molecule has 2 rings (SSSR count). The van der Waals surface area contributed by atoms with Crippen LogP contribution in [-0.4, -0.2) is 5.91 Å². The fourth-order valence-corrected chi connectivity index (χ4v) is 2.70. The molecule has 0 radical (unpaired) electrons. The van der Waals surface area contributed by atoms with Crippen molar-refractivity contribution < 1.29 is 4.79 Å². The Bertz CT molecular complexity index is 582. The van der Waals surface area contributed by atoms with Gasteiger partial charge in [-0.15, -0.1) is 11.3 Å². The number of carbonyl (C=O) groups excluding carboxylic acids is 1. The topological polar surface area (TPSA) is 29.1 Å². The van der Waals surface area contributed by atoms with E-state index in [9.17, 15) is 4.79 Å². The first kappa shape index (κ1) is 15.5. The summed E-state index contributed by atoms with van der Waals surface area (Å²) in [5.41, 5.74) is 2.39. The van der Waals surface area contributed by atoms with E-state index in [-0.39, 0.29) is 5.91 Å². The average Bonchev–Trinajstić information content (AvgIpc) is 2.97. The molecule has 1 heterocycles. The second kappa shape index (κ2) is 7.79. The van der Waals surface area contributed by atoms with Gasteiger partial charge in [-0.25, -0.2) is 0 Å². The quantitative estimate of drug-likeness (QED) is 0.793. The van der Waals surface area contributed by atoms with Gasteiger partial charge in [-0.1, -0.05) is 44.2 Å². The molecule has 110 valence electrons. The van der Waals surface area contributed by atoms with Crippen LogP contribution in [0.15, 0.2) is 47.9 Å². The third kappa shape index (κ3) is 5.56. The molecule has 0 saturated heterocycles. The molecule has 0 aliphatic rings. The Morgan fingerprint density at radius 3 is 2.62 bits per heavy atom. The lowest BCUT2D eigenvalue weighted by Gasteiger charge is -2.04. The van der Waals surface area contributed by atoms with Crippen molar-refractivity contribution in [3.63, 3.8) is 0 Å². The van der Waals surface area contributed by atoms with Crippen molar-refractivity contribution in [1.82, 2.24) is 5.32 Å². The number of rotatable bonds is 6. The Labute approximate surface area is 130 Å². The molecule has 1 aromatic carbocycles. The standard InChI is InChI=1S/C18H21NOS/c1-14(2)12-16-7-5-15(6-8-16)9-10-18(20)19-13-17-4-3-11-21-17/h3-11,14H,12-13H2,1-2H3,(H,19,20). The van der Waals surface area contributed by atoms with Gasteiger partial charge in [-0.2, -0.15) is 0 Å². The third-order valence-corrected chi connectivity index (χ3v) is 3.94. The summed E-state index contributed by atoms with van der Waals surface area (Å²) in [7, 11) is 0. The lowest BCUT2D eigenvalue weighted by Crippen LogP contribution is -2.19. The molecule has 2 nitrogen and oxygen atoms in total. The number of hydrogen-bond donors (Lipinski definition) is 1. The monoisotopic (exact) mass is 299 g/mol. The summed E-state index contributed by atoms with van der Waals surface area (Å²) in [4.78, 5) is 12.9. The van der Waals surface area contributed by atoms with Crippen molar-refractivity contribution in [3.8, 4) is 0 Å². The van der Waals surface area contributed by atoms with Gasteiger partial charge in [-0.05, 0) is 41.0 Å². The molecule has 0 fully saturated rings. The van der Waals surface area contributed by atoms with Gasteiger partial charge in [0.15, 0.2) is 0 Å². The van der Waals surface area contributed by atoms with Crippen LogP contribution in [0.4, 0.5) is 0 Å². The Morgan fingerprint density at radius 2 is 2.00 bits per heavy atom. The Balaban J connectivity index is 1.83. The zero-order valence-electron chi connectivity index (χ0n) is 12.5. The van der Waals surface area contributed by atoms with Crippen molar-refractivity contribution in [2.24, 2.45) is 5.92 Å². The number of thiophene rings is 1. The summed E-state index contributed by atoms with van der Waals surface area (Å²) in [6.45, 7) is 5.02. The van der Waals surface area contributed by atoms with Crippen LogP contribution in [0.25, 0.3) is 6.08 Å². The van der Waals surface area contributed by atoms with Crippen LogP contribution in [0, 0.1) is 5.92 Å². The summed E-state index contributed by atoms with van der Waals surface area (Å²) in [5.74, 6) is 0.601. The largest absolute Gasteiger partial charge is 0.348 e. The molecule has 0 saturated carbocycles. The first-order chi connectivity index (χ1) is 10.1. The Kier molecular flexibility index (Phi) is 5.76. The highest BCUT2D eigenvalue weighted by Crippen LogP contribution is 2.11. The second-order valence-electron chi connectivity index (χ2n) is 5.47. The molecule has 0 atom stereocenters. The van der Waals surface area contributed by atoms with Crippen LogP contribution in [0.5, 0.6) is 0 Å². The molecule has 1 aromatic heterocycles. The van der Waals surface area contributed by atoms with E-state index in [1.807, 2.05) is 23.6 Å². The molecule has 0 spiro atoms. The molecular formula is C18H21NOS. The summed E-state index contributed by atoms with van der Waals surface area (Å²) >= 11 is 1.65. The summed E-state index contributed by atoms with van der Waals surface area (Å²) in [6, 6.07) is 12.4. The van der Waals surface area contributed by atoms with E-state index in [0.29, 0.717) is 12.5 Å². The van der Waals surface area contributed by atoms with Crippen LogP contribution >= 0.6 is 11.3 Å². The van der Waals surface area contributed by atoms with Gasteiger partial charge in [0, 0.05) is 11.0 Å². The van der Waals surface area contributed by atoms with E-state index in [1.165, 1.54) is 5.56 Å². The molecule has 1 amide bonds. The maximum absolute atomic E-state index is 11.7. The molecule has 0 aliphatic heterocycles. The molecule has 21 heavy (non-hydrogen) atoms. The predicted molar refractivity (Wildman–Crippen MR) is 90.2 cm³/mol. The van der Waals surface area contributed by atoms with Gasteiger partial charge in [-0.3, -0.25) is 4.79 Å². The molecule has 2 aromatic rings. The maximum Gasteiger partial charge on any atom is 0.244 e. The molecule has 0 bridgehead atoms. The predicted octanol–water partition coefficient (Wildman–Crippen LogP) is 4.28. The van der Waals surface area contributed by atoms with E-state index in [0.717, 1.165) is 16.9 Å². The molecular weight excluding hydrogens is 278 g/mol.